The number of H-pyrrole nitrogens is 1. The molecule has 84 valence electrons. The van der Waals surface area contributed by atoms with Gasteiger partial charge in [0.1, 0.15) is 5.39 Å². The number of fused-ring (bicyclic) bond motifs is 1. The van der Waals surface area contributed by atoms with E-state index in [1.165, 1.54) is 12.5 Å². The standard InChI is InChI=1S/C11H9N5O/c1-7-2-3-12-9(4-7)16-10-8(5-15-16)11(17)14-6-13-10/h2-6H,1H3,(H,13,14,17). The Hall–Kier alpha value is -2.50. The van der Waals surface area contributed by atoms with Crippen LogP contribution in [0.25, 0.3) is 16.9 Å². The second-order valence-electron chi connectivity index (χ2n) is 3.72. The van der Waals surface area contributed by atoms with E-state index >= 15 is 0 Å². The monoisotopic (exact) mass is 227 g/mol. The van der Waals surface area contributed by atoms with Crippen molar-refractivity contribution in [2.24, 2.45) is 0 Å². The molecule has 0 saturated carbocycles. The summed E-state index contributed by atoms with van der Waals surface area (Å²) in [5, 5.41) is 4.59. The molecule has 6 heteroatoms. The molecule has 3 aromatic heterocycles. The van der Waals surface area contributed by atoms with Crippen molar-refractivity contribution in [2.75, 3.05) is 0 Å². The quantitative estimate of drug-likeness (QED) is 0.667. The van der Waals surface area contributed by atoms with Crippen molar-refractivity contribution >= 4 is 11.0 Å². The van der Waals surface area contributed by atoms with Crippen molar-refractivity contribution in [3.05, 3.63) is 46.8 Å². The molecule has 6 nitrogen and oxygen atoms in total. The Bertz CT molecular complexity index is 743. The predicted molar refractivity (Wildman–Crippen MR) is 62.0 cm³/mol. The van der Waals surface area contributed by atoms with Crippen molar-refractivity contribution in [3.8, 4) is 5.82 Å². The van der Waals surface area contributed by atoms with Crippen LogP contribution >= 0.6 is 0 Å². The van der Waals surface area contributed by atoms with Crippen molar-refractivity contribution in [1.29, 1.82) is 0 Å². The Morgan fingerprint density at radius 2 is 2.24 bits per heavy atom. The highest BCUT2D eigenvalue weighted by atomic mass is 16.1. The van der Waals surface area contributed by atoms with E-state index in [0.717, 1.165) is 5.56 Å². The summed E-state index contributed by atoms with van der Waals surface area (Å²) in [6.45, 7) is 1.97. The second kappa shape index (κ2) is 3.51. The number of aryl methyl sites for hydroxylation is 1. The van der Waals surface area contributed by atoms with Crippen LogP contribution in [-0.4, -0.2) is 24.7 Å². The Labute approximate surface area is 96.0 Å². The summed E-state index contributed by atoms with van der Waals surface area (Å²) < 4.78 is 1.55. The molecule has 0 aliphatic heterocycles. The van der Waals surface area contributed by atoms with Gasteiger partial charge in [-0.05, 0) is 24.6 Å². The molecular formula is C11H9N5O. The predicted octanol–water partition coefficient (Wildman–Crippen LogP) is 0.812. The molecule has 0 radical (unpaired) electrons. The van der Waals surface area contributed by atoms with Gasteiger partial charge in [0, 0.05) is 6.20 Å². The fraction of sp³-hybridized carbons (Fsp3) is 0.0909. The third-order valence-corrected chi connectivity index (χ3v) is 2.49. The molecule has 3 rings (SSSR count). The Morgan fingerprint density at radius 3 is 3.06 bits per heavy atom. The number of rotatable bonds is 1. The zero-order chi connectivity index (χ0) is 11.8. The molecule has 0 unspecified atom stereocenters. The smallest absolute Gasteiger partial charge is 0.261 e. The van der Waals surface area contributed by atoms with Crippen LogP contribution in [0.5, 0.6) is 0 Å². The Kier molecular flexibility index (Phi) is 2.01. The van der Waals surface area contributed by atoms with Crippen LogP contribution in [0, 0.1) is 6.92 Å². The SMILES string of the molecule is Cc1ccnc(-n2ncc3c(=O)[nH]cnc32)c1. The van der Waals surface area contributed by atoms with E-state index in [1.807, 2.05) is 19.1 Å². The zero-order valence-electron chi connectivity index (χ0n) is 9.08. The Morgan fingerprint density at radius 1 is 1.35 bits per heavy atom. The minimum Gasteiger partial charge on any atom is -0.312 e. The van der Waals surface area contributed by atoms with E-state index in [1.54, 1.807) is 10.9 Å². The second-order valence-corrected chi connectivity index (χ2v) is 3.72. The fourth-order valence-electron chi connectivity index (χ4n) is 1.66. The first kappa shape index (κ1) is 9.71. The van der Waals surface area contributed by atoms with Crippen LogP contribution in [0.1, 0.15) is 5.56 Å². The van der Waals surface area contributed by atoms with Gasteiger partial charge in [-0.2, -0.15) is 9.78 Å². The van der Waals surface area contributed by atoms with Crippen LogP contribution in [0.2, 0.25) is 0 Å². The fourth-order valence-corrected chi connectivity index (χ4v) is 1.66. The highest BCUT2D eigenvalue weighted by Gasteiger charge is 2.09. The number of aromatic nitrogens is 5. The first-order chi connectivity index (χ1) is 8.25. The minimum absolute atomic E-state index is 0.200. The first-order valence-corrected chi connectivity index (χ1v) is 5.10. The molecule has 0 spiro atoms. The van der Waals surface area contributed by atoms with Crippen LogP contribution < -0.4 is 5.56 Å². The van der Waals surface area contributed by atoms with Gasteiger partial charge in [0.25, 0.3) is 5.56 Å². The van der Waals surface area contributed by atoms with E-state index in [2.05, 4.69) is 20.1 Å². The summed E-state index contributed by atoms with van der Waals surface area (Å²) in [6, 6.07) is 3.78. The molecule has 0 atom stereocenters. The van der Waals surface area contributed by atoms with Gasteiger partial charge in [-0.3, -0.25) is 4.79 Å². The van der Waals surface area contributed by atoms with Gasteiger partial charge in [-0.1, -0.05) is 0 Å². The molecular weight excluding hydrogens is 218 g/mol. The maximum Gasteiger partial charge on any atom is 0.261 e. The number of hydrogen-bond donors (Lipinski definition) is 1. The molecule has 0 fully saturated rings. The van der Waals surface area contributed by atoms with Gasteiger partial charge in [-0.15, -0.1) is 0 Å². The van der Waals surface area contributed by atoms with E-state index in [0.29, 0.717) is 16.9 Å². The van der Waals surface area contributed by atoms with E-state index in [-0.39, 0.29) is 5.56 Å². The maximum atomic E-state index is 11.5. The zero-order valence-corrected chi connectivity index (χ0v) is 9.08. The van der Waals surface area contributed by atoms with Gasteiger partial charge in [-0.25, -0.2) is 9.97 Å². The molecule has 0 amide bonds. The van der Waals surface area contributed by atoms with Gasteiger partial charge < -0.3 is 4.98 Å². The van der Waals surface area contributed by atoms with Crippen molar-refractivity contribution < 1.29 is 0 Å². The van der Waals surface area contributed by atoms with Crippen molar-refractivity contribution in [2.45, 2.75) is 6.92 Å². The molecule has 17 heavy (non-hydrogen) atoms. The lowest BCUT2D eigenvalue weighted by molar-refractivity contribution is 0.859. The highest BCUT2D eigenvalue weighted by Crippen LogP contribution is 2.11. The normalized spacial score (nSPS) is 10.9. The van der Waals surface area contributed by atoms with E-state index in [4.69, 9.17) is 0 Å². The van der Waals surface area contributed by atoms with Crippen molar-refractivity contribution in [1.82, 2.24) is 24.7 Å². The maximum absolute atomic E-state index is 11.5. The lowest BCUT2D eigenvalue weighted by Gasteiger charge is -2.01. The molecule has 3 aromatic rings. The van der Waals surface area contributed by atoms with Crippen LogP contribution in [0.15, 0.2) is 35.6 Å². The minimum atomic E-state index is -0.200. The molecule has 0 saturated heterocycles. The topological polar surface area (TPSA) is 76.5 Å². The Balaban J connectivity index is 2.32. The van der Waals surface area contributed by atoms with Gasteiger partial charge >= 0.3 is 0 Å². The van der Waals surface area contributed by atoms with Gasteiger partial charge in [0.2, 0.25) is 0 Å². The summed E-state index contributed by atoms with van der Waals surface area (Å²) >= 11 is 0. The first-order valence-electron chi connectivity index (χ1n) is 5.10. The van der Waals surface area contributed by atoms with Gasteiger partial charge in [0.15, 0.2) is 11.5 Å². The van der Waals surface area contributed by atoms with Crippen LogP contribution in [0.3, 0.4) is 0 Å². The highest BCUT2D eigenvalue weighted by molar-refractivity contribution is 5.74. The average Bonchev–Trinajstić information content (AvgIpc) is 2.74. The number of pyridine rings is 1. The van der Waals surface area contributed by atoms with Crippen LogP contribution in [-0.2, 0) is 0 Å². The third kappa shape index (κ3) is 1.50. The van der Waals surface area contributed by atoms with Gasteiger partial charge in [0.05, 0.1) is 12.5 Å². The molecule has 0 bridgehead atoms. The number of hydrogen-bond acceptors (Lipinski definition) is 4. The molecule has 3 heterocycles. The average molecular weight is 227 g/mol. The summed E-state index contributed by atoms with van der Waals surface area (Å²) in [5.41, 5.74) is 1.38. The largest absolute Gasteiger partial charge is 0.312 e. The number of nitrogens with zero attached hydrogens (tertiary/aromatic N) is 4. The lowest BCUT2D eigenvalue weighted by atomic mass is 10.3. The number of nitrogens with one attached hydrogen (secondary N) is 1. The molecule has 0 aliphatic rings. The van der Waals surface area contributed by atoms with E-state index < -0.39 is 0 Å². The third-order valence-electron chi connectivity index (χ3n) is 2.49. The lowest BCUT2D eigenvalue weighted by Crippen LogP contribution is -2.07. The summed E-state index contributed by atoms with van der Waals surface area (Å²) in [7, 11) is 0. The molecule has 0 aromatic carbocycles. The summed E-state index contributed by atoms with van der Waals surface area (Å²) in [5.74, 6) is 0.651. The van der Waals surface area contributed by atoms with E-state index in [9.17, 15) is 4.79 Å². The van der Waals surface area contributed by atoms with Crippen LogP contribution in [0.4, 0.5) is 0 Å². The summed E-state index contributed by atoms with van der Waals surface area (Å²) in [4.78, 5) is 22.4. The number of aromatic amines is 1. The van der Waals surface area contributed by atoms with Crippen molar-refractivity contribution in [3.63, 3.8) is 0 Å². The molecule has 0 aliphatic carbocycles. The molecule has 1 N–H and O–H groups in total. The summed E-state index contributed by atoms with van der Waals surface area (Å²) in [6.07, 6.45) is 4.55.